The van der Waals surface area contributed by atoms with E-state index >= 15 is 0 Å². The van der Waals surface area contributed by atoms with Gasteiger partial charge in [0.1, 0.15) is 0 Å². The maximum atomic E-state index is 10.8. The van der Waals surface area contributed by atoms with Crippen molar-refractivity contribution in [2.24, 2.45) is 15.4 Å². The van der Waals surface area contributed by atoms with E-state index in [4.69, 9.17) is 0 Å². The highest BCUT2D eigenvalue weighted by Crippen LogP contribution is 2.44. The summed E-state index contributed by atoms with van der Waals surface area (Å²) >= 11 is 0. The molecule has 0 N–H and O–H groups in total. The SMILES string of the molecule is CC(C)(C(N=C=O)N=C=O)C(c1ccccc1)c1ccccc1. The lowest BCUT2D eigenvalue weighted by molar-refractivity contribution is 0.255. The third kappa shape index (κ3) is 3.70. The highest BCUT2D eigenvalue weighted by Gasteiger charge is 2.39. The molecule has 0 atom stereocenters. The molecule has 4 heteroatoms. The first-order valence-corrected chi connectivity index (χ1v) is 7.35. The molecule has 0 bridgehead atoms. The standard InChI is InChI=1S/C19H18N2O2/c1-19(2,18(20-13-22)21-14-23)17(15-9-5-3-6-10-15)16-11-7-4-8-12-16/h3-12,17-18H,1-2H3. The Balaban J connectivity index is 2.61. The summed E-state index contributed by atoms with van der Waals surface area (Å²) in [5, 5.41) is 0. The molecule has 2 aromatic rings. The Morgan fingerprint density at radius 3 is 1.52 bits per heavy atom. The lowest BCUT2D eigenvalue weighted by Crippen LogP contribution is -2.34. The number of rotatable bonds is 6. The molecule has 0 saturated carbocycles. The Bertz CT molecular complexity index is 671. The van der Waals surface area contributed by atoms with Crippen LogP contribution >= 0.6 is 0 Å². The number of aliphatic imine (C=N–C) groups is 2. The Labute approximate surface area is 135 Å². The molecule has 23 heavy (non-hydrogen) atoms. The smallest absolute Gasteiger partial charge is 0.211 e. The summed E-state index contributed by atoms with van der Waals surface area (Å²) in [6, 6.07) is 19.8. The molecule has 0 aliphatic rings. The molecule has 0 spiro atoms. The molecule has 0 radical (unpaired) electrons. The summed E-state index contributed by atoms with van der Waals surface area (Å²) in [7, 11) is 0. The van der Waals surface area contributed by atoms with Crippen molar-refractivity contribution >= 4 is 12.2 Å². The molecule has 0 aliphatic heterocycles. The van der Waals surface area contributed by atoms with Crippen LogP contribution in [-0.4, -0.2) is 18.3 Å². The fourth-order valence-electron chi connectivity index (χ4n) is 2.95. The molecule has 0 aromatic heterocycles. The van der Waals surface area contributed by atoms with Crippen LogP contribution in [0, 0.1) is 5.41 Å². The van der Waals surface area contributed by atoms with E-state index in [0.29, 0.717) is 0 Å². The third-order valence-electron chi connectivity index (χ3n) is 4.03. The van der Waals surface area contributed by atoms with Crippen LogP contribution < -0.4 is 0 Å². The Morgan fingerprint density at radius 2 is 1.17 bits per heavy atom. The van der Waals surface area contributed by atoms with E-state index in [1.165, 1.54) is 12.2 Å². The molecule has 0 unspecified atom stereocenters. The van der Waals surface area contributed by atoms with Crippen molar-refractivity contribution in [1.29, 1.82) is 0 Å². The zero-order valence-electron chi connectivity index (χ0n) is 13.1. The van der Waals surface area contributed by atoms with Gasteiger partial charge in [-0.25, -0.2) is 9.59 Å². The molecule has 2 aromatic carbocycles. The van der Waals surface area contributed by atoms with Gasteiger partial charge in [0.2, 0.25) is 12.2 Å². The van der Waals surface area contributed by atoms with Gasteiger partial charge in [0.25, 0.3) is 0 Å². The highest BCUT2D eigenvalue weighted by molar-refractivity contribution is 5.40. The minimum absolute atomic E-state index is 0.0934. The van der Waals surface area contributed by atoms with E-state index in [0.717, 1.165) is 11.1 Å². The van der Waals surface area contributed by atoms with Crippen LogP contribution in [0.25, 0.3) is 0 Å². The summed E-state index contributed by atoms with van der Waals surface area (Å²) in [5.74, 6) is -0.0934. The van der Waals surface area contributed by atoms with Crippen molar-refractivity contribution in [3.63, 3.8) is 0 Å². The monoisotopic (exact) mass is 306 g/mol. The third-order valence-corrected chi connectivity index (χ3v) is 4.03. The molecule has 116 valence electrons. The summed E-state index contributed by atoms with van der Waals surface area (Å²) in [6.07, 6.45) is 2.19. The first kappa shape index (κ1) is 16.6. The molecule has 2 rings (SSSR count). The van der Waals surface area contributed by atoms with Crippen LogP contribution in [0.4, 0.5) is 0 Å². The van der Waals surface area contributed by atoms with Gasteiger partial charge in [-0.05, 0) is 11.1 Å². The van der Waals surface area contributed by atoms with Crippen molar-refractivity contribution in [2.45, 2.75) is 25.9 Å². The normalized spacial score (nSPS) is 12.1. The maximum Gasteiger partial charge on any atom is 0.237 e. The minimum Gasteiger partial charge on any atom is -0.211 e. The topological polar surface area (TPSA) is 58.9 Å². The fraction of sp³-hybridized carbons (Fsp3) is 0.263. The van der Waals surface area contributed by atoms with Gasteiger partial charge in [-0.1, -0.05) is 74.5 Å². The second-order valence-electron chi connectivity index (χ2n) is 5.89. The highest BCUT2D eigenvalue weighted by atomic mass is 16.1. The average Bonchev–Trinajstić information content (AvgIpc) is 2.56. The van der Waals surface area contributed by atoms with Crippen LogP contribution in [0.15, 0.2) is 70.6 Å². The second kappa shape index (κ2) is 7.46. The quantitative estimate of drug-likeness (QED) is 0.601. The van der Waals surface area contributed by atoms with Gasteiger partial charge in [-0.15, -0.1) is 0 Å². The Kier molecular flexibility index (Phi) is 5.37. The van der Waals surface area contributed by atoms with Crippen LogP contribution in [0.5, 0.6) is 0 Å². The zero-order valence-corrected chi connectivity index (χ0v) is 13.1. The number of benzene rings is 2. The van der Waals surface area contributed by atoms with E-state index in [9.17, 15) is 9.59 Å². The minimum atomic E-state index is -0.845. The van der Waals surface area contributed by atoms with Crippen molar-refractivity contribution in [1.82, 2.24) is 0 Å². The Morgan fingerprint density at radius 1 is 0.783 bits per heavy atom. The molecule has 0 aliphatic carbocycles. The summed E-state index contributed by atoms with van der Waals surface area (Å²) in [5.41, 5.74) is 1.52. The molecule has 0 heterocycles. The number of hydrogen-bond donors (Lipinski definition) is 0. The van der Waals surface area contributed by atoms with Crippen molar-refractivity contribution in [2.75, 3.05) is 0 Å². The van der Waals surface area contributed by atoms with E-state index < -0.39 is 11.6 Å². The predicted octanol–water partition coefficient (Wildman–Crippen LogP) is 3.84. The largest absolute Gasteiger partial charge is 0.237 e. The van der Waals surface area contributed by atoms with Crippen molar-refractivity contribution in [3.8, 4) is 0 Å². The average molecular weight is 306 g/mol. The first-order chi connectivity index (χ1) is 11.1. The molecule has 0 amide bonds. The fourth-order valence-corrected chi connectivity index (χ4v) is 2.95. The van der Waals surface area contributed by atoms with Crippen molar-refractivity contribution in [3.05, 3.63) is 71.8 Å². The number of hydrogen-bond acceptors (Lipinski definition) is 4. The molecular formula is C19H18N2O2. The molecule has 4 nitrogen and oxygen atoms in total. The van der Waals surface area contributed by atoms with E-state index in [1.807, 2.05) is 74.5 Å². The van der Waals surface area contributed by atoms with E-state index in [-0.39, 0.29) is 5.92 Å². The molecule has 0 saturated heterocycles. The Hall–Kier alpha value is -2.80. The van der Waals surface area contributed by atoms with Crippen molar-refractivity contribution < 1.29 is 9.59 Å². The van der Waals surface area contributed by atoms with Crippen LogP contribution in [0.3, 0.4) is 0 Å². The van der Waals surface area contributed by atoms with Crippen LogP contribution in [0.2, 0.25) is 0 Å². The number of isocyanates is 2. The second-order valence-corrected chi connectivity index (χ2v) is 5.89. The summed E-state index contributed by atoms with van der Waals surface area (Å²) in [4.78, 5) is 28.9. The number of carbonyl (C=O) groups excluding carboxylic acids is 2. The molecular weight excluding hydrogens is 288 g/mol. The zero-order chi connectivity index (χ0) is 16.7. The predicted molar refractivity (Wildman–Crippen MR) is 88.5 cm³/mol. The molecule has 0 fully saturated rings. The van der Waals surface area contributed by atoms with Gasteiger partial charge in [0.15, 0.2) is 6.17 Å². The first-order valence-electron chi connectivity index (χ1n) is 7.35. The van der Waals surface area contributed by atoms with Crippen LogP contribution in [-0.2, 0) is 9.59 Å². The maximum absolute atomic E-state index is 10.8. The van der Waals surface area contributed by atoms with Gasteiger partial charge in [0.05, 0.1) is 0 Å². The summed E-state index contributed by atoms with van der Waals surface area (Å²) < 4.78 is 0. The van der Waals surface area contributed by atoms with Gasteiger partial charge in [0, 0.05) is 11.3 Å². The lowest BCUT2D eigenvalue weighted by atomic mass is 9.69. The van der Waals surface area contributed by atoms with Gasteiger partial charge >= 0.3 is 0 Å². The van der Waals surface area contributed by atoms with Gasteiger partial charge < -0.3 is 0 Å². The van der Waals surface area contributed by atoms with Crippen LogP contribution in [0.1, 0.15) is 30.9 Å². The van der Waals surface area contributed by atoms with Gasteiger partial charge in [-0.2, -0.15) is 9.98 Å². The van der Waals surface area contributed by atoms with Gasteiger partial charge in [-0.3, -0.25) is 0 Å². The van der Waals surface area contributed by atoms with E-state index in [1.54, 1.807) is 0 Å². The summed E-state index contributed by atoms with van der Waals surface area (Å²) in [6.45, 7) is 3.87. The lowest BCUT2D eigenvalue weighted by Gasteiger charge is -2.36. The van der Waals surface area contributed by atoms with E-state index in [2.05, 4.69) is 9.98 Å². The number of nitrogens with zero attached hydrogens (tertiary/aromatic N) is 2.